The van der Waals surface area contributed by atoms with Crippen LogP contribution in [0.1, 0.15) is 18.4 Å². The van der Waals surface area contributed by atoms with E-state index in [1.54, 1.807) is 12.1 Å². The van der Waals surface area contributed by atoms with Crippen molar-refractivity contribution >= 4 is 33.4 Å². The van der Waals surface area contributed by atoms with Crippen molar-refractivity contribution in [2.24, 2.45) is 5.92 Å². The van der Waals surface area contributed by atoms with Gasteiger partial charge in [-0.05, 0) is 30.9 Å². The first-order valence-electron chi connectivity index (χ1n) is 6.38. The Bertz CT molecular complexity index is 441. The van der Waals surface area contributed by atoms with E-state index >= 15 is 0 Å². The van der Waals surface area contributed by atoms with Crippen LogP contribution in [0, 0.1) is 11.7 Å². The molecule has 0 unspecified atom stereocenters. The Kier molecular flexibility index (Phi) is 5.22. The van der Waals surface area contributed by atoms with Crippen molar-refractivity contribution in [3.05, 3.63) is 34.6 Å². The Hall–Kier alpha value is -0.610. The summed E-state index contributed by atoms with van der Waals surface area (Å²) in [5, 5.41) is 1.30. The molecule has 2 nitrogen and oxygen atoms in total. The lowest BCUT2D eigenvalue weighted by atomic mass is 9.98. The summed E-state index contributed by atoms with van der Waals surface area (Å²) < 4.78 is 13.6. The van der Waals surface area contributed by atoms with Gasteiger partial charge in [0.15, 0.2) is 0 Å². The minimum absolute atomic E-state index is 0.0416. The van der Waals surface area contributed by atoms with Crippen molar-refractivity contribution in [1.29, 1.82) is 0 Å². The molecule has 0 N–H and O–H groups in total. The second-order valence-electron chi connectivity index (χ2n) is 4.86. The summed E-state index contributed by atoms with van der Waals surface area (Å²) in [4.78, 5) is 14.0. The number of alkyl halides is 1. The topological polar surface area (TPSA) is 20.3 Å². The number of rotatable bonds is 3. The van der Waals surface area contributed by atoms with Crippen molar-refractivity contribution < 1.29 is 9.18 Å². The molecule has 1 aliphatic heterocycles. The first-order chi connectivity index (χ1) is 9.11. The molecule has 0 saturated carbocycles. The molecule has 1 heterocycles. The molecule has 5 heteroatoms. The molecule has 0 radical (unpaired) electrons. The second-order valence-corrected chi connectivity index (χ2v) is 5.91. The van der Waals surface area contributed by atoms with E-state index in [0.717, 1.165) is 31.3 Å². The van der Waals surface area contributed by atoms with Gasteiger partial charge in [-0.15, -0.1) is 0 Å². The van der Waals surface area contributed by atoms with Gasteiger partial charge in [-0.1, -0.05) is 33.6 Å². The summed E-state index contributed by atoms with van der Waals surface area (Å²) in [6.45, 7) is 1.50. The quantitative estimate of drug-likeness (QED) is 0.764. The van der Waals surface area contributed by atoms with E-state index in [1.807, 2.05) is 4.90 Å². The van der Waals surface area contributed by atoms with Crippen LogP contribution < -0.4 is 0 Å². The molecule has 1 aromatic rings. The predicted octanol–water partition coefficient (Wildman–Crippen LogP) is 3.66. The molecule has 104 valence electrons. The number of hydrogen-bond acceptors (Lipinski definition) is 1. The molecule has 0 aliphatic carbocycles. The summed E-state index contributed by atoms with van der Waals surface area (Å²) >= 11 is 9.41. The number of likely N-dealkylation sites (tertiary alicyclic amines) is 1. The van der Waals surface area contributed by atoms with Gasteiger partial charge >= 0.3 is 0 Å². The van der Waals surface area contributed by atoms with Crippen molar-refractivity contribution in [1.82, 2.24) is 4.90 Å². The number of amides is 1. The van der Waals surface area contributed by atoms with Crippen molar-refractivity contribution in [2.75, 3.05) is 18.4 Å². The lowest BCUT2D eigenvalue weighted by molar-refractivity contribution is -0.131. The maximum absolute atomic E-state index is 13.6. The zero-order valence-corrected chi connectivity index (χ0v) is 12.9. The highest BCUT2D eigenvalue weighted by Gasteiger charge is 2.23. The maximum atomic E-state index is 13.6. The number of piperidine rings is 1. The zero-order valence-electron chi connectivity index (χ0n) is 10.5. The van der Waals surface area contributed by atoms with Gasteiger partial charge < -0.3 is 4.90 Å². The number of halogens is 3. The molecule has 0 atom stereocenters. The van der Waals surface area contributed by atoms with E-state index in [-0.39, 0.29) is 12.3 Å². The van der Waals surface area contributed by atoms with Crippen LogP contribution in [0.2, 0.25) is 5.02 Å². The van der Waals surface area contributed by atoms with Crippen molar-refractivity contribution in [3.63, 3.8) is 0 Å². The minimum atomic E-state index is -0.406. The Balaban J connectivity index is 1.98. The standard InChI is InChI=1S/C14H16BrClFNO/c15-9-10-4-6-18(7-5-10)14(19)8-11-12(16)2-1-3-13(11)17/h1-3,10H,4-9H2. The van der Waals surface area contributed by atoms with Gasteiger partial charge in [0, 0.05) is 29.0 Å². The zero-order chi connectivity index (χ0) is 13.8. The molecule has 0 aromatic heterocycles. The lowest BCUT2D eigenvalue weighted by Gasteiger charge is -2.31. The van der Waals surface area contributed by atoms with Gasteiger partial charge in [0.2, 0.25) is 5.91 Å². The highest BCUT2D eigenvalue weighted by atomic mass is 79.9. The van der Waals surface area contributed by atoms with Gasteiger partial charge in [0.05, 0.1) is 6.42 Å². The van der Waals surface area contributed by atoms with E-state index in [2.05, 4.69) is 15.9 Å². The monoisotopic (exact) mass is 347 g/mol. The van der Waals surface area contributed by atoms with Crippen LogP contribution in [-0.2, 0) is 11.2 Å². The van der Waals surface area contributed by atoms with Crippen LogP contribution in [0.3, 0.4) is 0 Å². The van der Waals surface area contributed by atoms with Crippen LogP contribution in [0.15, 0.2) is 18.2 Å². The summed E-state index contributed by atoms with van der Waals surface area (Å²) in [5.74, 6) is 0.192. The summed E-state index contributed by atoms with van der Waals surface area (Å²) in [7, 11) is 0. The van der Waals surface area contributed by atoms with Gasteiger partial charge in [0.25, 0.3) is 0 Å². The third-order valence-electron chi connectivity index (χ3n) is 3.58. The molecule has 1 fully saturated rings. The van der Waals surface area contributed by atoms with Crippen LogP contribution >= 0.6 is 27.5 Å². The molecular weight excluding hydrogens is 333 g/mol. The highest BCUT2D eigenvalue weighted by molar-refractivity contribution is 9.09. The molecule has 19 heavy (non-hydrogen) atoms. The molecule has 1 aromatic carbocycles. The normalized spacial score (nSPS) is 16.7. The van der Waals surface area contributed by atoms with Crippen LogP contribution in [0.25, 0.3) is 0 Å². The number of carbonyl (C=O) groups is 1. The first-order valence-corrected chi connectivity index (χ1v) is 7.88. The van der Waals surface area contributed by atoms with E-state index in [4.69, 9.17) is 11.6 Å². The fraction of sp³-hybridized carbons (Fsp3) is 0.500. The number of benzene rings is 1. The third kappa shape index (κ3) is 3.69. The molecular formula is C14H16BrClFNO. The highest BCUT2D eigenvalue weighted by Crippen LogP contribution is 2.23. The van der Waals surface area contributed by atoms with Gasteiger partial charge in [0.1, 0.15) is 5.82 Å². The lowest BCUT2D eigenvalue weighted by Crippen LogP contribution is -2.39. The Morgan fingerprint density at radius 3 is 2.68 bits per heavy atom. The number of hydrogen-bond donors (Lipinski definition) is 0. The smallest absolute Gasteiger partial charge is 0.227 e. The number of carbonyl (C=O) groups excluding carboxylic acids is 1. The van der Waals surface area contributed by atoms with Crippen molar-refractivity contribution in [2.45, 2.75) is 19.3 Å². The van der Waals surface area contributed by atoms with Gasteiger partial charge in [-0.2, -0.15) is 0 Å². The Labute approximate surface area is 126 Å². The maximum Gasteiger partial charge on any atom is 0.227 e. The van der Waals surface area contributed by atoms with E-state index < -0.39 is 5.82 Å². The average molecular weight is 349 g/mol. The molecule has 1 saturated heterocycles. The summed E-state index contributed by atoms with van der Waals surface area (Å²) in [6, 6.07) is 4.50. The average Bonchev–Trinajstić information content (AvgIpc) is 2.43. The summed E-state index contributed by atoms with van der Waals surface area (Å²) in [5.41, 5.74) is 0.303. The Morgan fingerprint density at radius 1 is 1.42 bits per heavy atom. The molecule has 0 bridgehead atoms. The SMILES string of the molecule is O=C(Cc1c(F)cccc1Cl)N1CCC(CBr)CC1. The van der Waals surface area contributed by atoms with Gasteiger partial charge in [-0.3, -0.25) is 4.79 Å². The van der Waals surface area contributed by atoms with Crippen LogP contribution in [0.4, 0.5) is 4.39 Å². The van der Waals surface area contributed by atoms with Gasteiger partial charge in [-0.25, -0.2) is 4.39 Å². The molecule has 2 rings (SSSR count). The van der Waals surface area contributed by atoms with E-state index in [1.165, 1.54) is 6.07 Å². The largest absolute Gasteiger partial charge is 0.342 e. The fourth-order valence-corrected chi connectivity index (χ4v) is 3.18. The third-order valence-corrected chi connectivity index (χ3v) is 4.84. The molecule has 1 amide bonds. The van der Waals surface area contributed by atoms with Crippen molar-refractivity contribution in [3.8, 4) is 0 Å². The van der Waals surface area contributed by atoms with Crippen LogP contribution in [0.5, 0.6) is 0 Å². The minimum Gasteiger partial charge on any atom is -0.342 e. The fourth-order valence-electron chi connectivity index (χ4n) is 2.30. The summed E-state index contributed by atoms with van der Waals surface area (Å²) in [6.07, 6.45) is 2.05. The molecule has 0 spiro atoms. The first kappa shape index (κ1) is 14.8. The van der Waals surface area contributed by atoms with E-state index in [0.29, 0.717) is 16.5 Å². The van der Waals surface area contributed by atoms with E-state index in [9.17, 15) is 9.18 Å². The molecule has 1 aliphatic rings. The van der Waals surface area contributed by atoms with Crippen LogP contribution in [-0.4, -0.2) is 29.2 Å². The predicted molar refractivity (Wildman–Crippen MR) is 78.2 cm³/mol. The Morgan fingerprint density at radius 2 is 2.11 bits per heavy atom. The second kappa shape index (κ2) is 6.71. The number of nitrogens with zero attached hydrogens (tertiary/aromatic N) is 1.